The first-order valence-electron chi connectivity index (χ1n) is 4.29. The molecule has 0 fully saturated rings. The van der Waals surface area contributed by atoms with Crippen LogP contribution in [-0.4, -0.2) is 7.11 Å². The van der Waals surface area contributed by atoms with Crippen molar-refractivity contribution in [2.24, 2.45) is 0 Å². The van der Waals surface area contributed by atoms with Crippen LogP contribution in [-0.2, 0) is 5.41 Å². The van der Waals surface area contributed by atoms with Crippen LogP contribution in [0.25, 0.3) is 0 Å². The highest BCUT2D eigenvalue weighted by atomic mass is 79.9. The average Bonchev–Trinajstić information content (AvgIpc) is 2.01. The average molecular weight is 243 g/mol. The molecule has 0 radical (unpaired) electrons. The molecule has 0 spiro atoms. The highest BCUT2D eigenvalue weighted by molar-refractivity contribution is 9.10. The van der Waals surface area contributed by atoms with Gasteiger partial charge >= 0.3 is 0 Å². The molecule has 2 heteroatoms. The Balaban J connectivity index is 3.13. The number of halogens is 1. The predicted octanol–water partition coefficient (Wildman–Crippen LogP) is 3.76. The third kappa shape index (κ3) is 2.47. The molecule has 0 aliphatic heterocycles. The third-order valence-electron chi connectivity index (χ3n) is 1.98. The van der Waals surface area contributed by atoms with Gasteiger partial charge in [0.25, 0.3) is 0 Å². The number of ether oxygens (including phenoxy) is 1. The Morgan fingerprint density at radius 1 is 1.23 bits per heavy atom. The van der Waals surface area contributed by atoms with Crippen molar-refractivity contribution in [2.75, 3.05) is 7.11 Å². The van der Waals surface area contributed by atoms with Crippen molar-refractivity contribution in [3.8, 4) is 5.75 Å². The molecule has 0 aromatic heterocycles. The lowest BCUT2D eigenvalue weighted by Gasteiger charge is -2.21. The van der Waals surface area contributed by atoms with Gasteiger partial charge in [-0.3, -0.25) is 0 Å². The van der Waals surface area contributed by atoms with E-state index < -0.39 is 0 Å². The monoisotopic (exact) mass is 242 g/mol. The number of methoxy groups -OCH3 is 1. The summed E-state index contributed by atoms with van der Waals surface area (Å²) in [5.41, 5.74) is 1.47. The van der Waals surface area contributed by atoms with Gasteiger partial charge in [0, 0.05) is 4.47 Å². The molecule has 0 aliphatic rings. The maximum absolute atomic E-state index is 5.13. The van der Waals surface area contributed by atoms with E-state index in [1.54, 1.807) is 7.11 Å². The van der Waals surface area contributed by atoms with Crippen LogP contribution < -0.4 is 4.74 Å². The van der Waals surface area contributed by atoms with Crippen LogP contribution >= 0.6 is 15.9 Å². The molecule has 1 aromatic carbocycles. The molecule has 1 nitrogen and oxygen atoms in total. The first-order valence-corrected chi connectivity index (χ1v) is 5.08. The molecule has 0 heterocycles. The van der Waals surface area contributed by atoms with Gasteiger partial charge in [0.15, 0.2) is 0 Å². The third-order valence-corrected chi connectivity index (χ3v) is 2.64. The fraction of sp³-hybridized carbons (Fsp3) is 0.455. The van der Waals surface area contributed by atoms with Gasteiger partial charge in [0.05, 0.1) is 7.11 Å². The summed E-state index contributed by atoms with van der Waals surface area (Å²) in [5.74, 6) is 0.889. The van der Waals surface area contributed by atoms with Crippen molar-refractivity contribution in [1.29, 1.82) is 0 Å². The maximum atomic E-state index is 5.13. The van der Waals surface area contributed by atoms with Crippen LogP contribution in [0, 0.1) is 0 Å². The van der Waals surface area contributed by atoms with Gasteiger partial charge in [-0.1, -0.05) is 42.8 Å². The Labute approximate surface area is 88.2 Å². The van der Waals surface area contributed by atoms with Crippen molar-refractivity contribution in [3.63, 3.8) is 0 Å². The molecule has 0 saturated carbocycles. The van der Waals surface area contributed by atoms with E-state index in [2.05, 4.69) is 42.8 Å². The highest BCUT2D eigenvalue weighted by Crippen LogP contribution is 2.32. The molecule has 0 amide bonds. The number of rotatable bonds is 1. The van der Waals surface area contributed by atoms with Gasteiger partial charge in [-0.2, -0.15) is 0 Å². The maximum Gasteiger partial charge on any atom is 0.120 e. The second kappa shape index (κ2) is 3.70. The van der Waals surface area contributed by atoms with Gasteiger partial charge in [-0.15, -0.1) is 0 Å². The molecular formula is C11H15BrO. The van der Waals surface area contributed by atoms with Crippen molar-refractivity contribution < 1.29 is 4.74 Å². The quantitative estimate of drug-likeness (QED) is 0.729. The summed E-state index contributed by atoms with van der Waals surface area (Å²) in [5, 5.41) is 0. The van der Waals surface area contributed by atoms with Crippen molar-refractivity contribution in [1.82, 2.24) is 0 Å². The first-order chi connectivity index (χ1) is 5.95. The number of benzene rings is 1. The Hall–Kier alpha value is -0.500. The summed E-state index contributed by atoms with van der Waals surface area (Å²) in [6.45, 7) is 6.58. The fourth-order valence-corrected chi connectivity index (χ4v) is 2.18. The van der Waals surface area contributed by atoms with E-state index in [1.807, 2.05) is 12.1 Å². The molecular weight excluding hydrogens is 228 g/mol. The second-order valence-corrected chi connectivity index (χ2v) is 4.95. The van der Waals surface area contributed by atoms with Crippen LogP contribution in [0.4, 0.5) is 0 Å². The van der Waals surface area contributed by atoms with Crippen molar-refractivity contribution in [3.05, 3.63) is 28.2 Å². The summed E-state index contributed by atoms with van der Waals surface area (Å²) in [6, 6.07) is 6.09. The molecule has 1 rings (SSSR count). The smallest absolute Gasteiger partial charge is 0.120 e. The van der Waals surface area contributed by atoms with Gasteiger partial charge in [0.1, 0.15) is 5.75 Å². The molecule has 0 atom stereocenters. The summed E-state index contributed by atoms with van der Waals surface area (Å²) in [6.07, 6.45) is 0. The van der Waals surface area contributed by atoms with E-state index in [0.717, 1.165) is 10.2 Å². The minimum atomic E-state index is 0.172. The molecule has 1 aromatic rings. The number of hydrogen-bond acceptors (Lipinski definition) is 1. The molecule has 72 valence electrons. The topological polar surface area (TPSA) is 9.23 Å². The lowest BCUT2D eigenvalue weighted by atomic mass is 9.87. The Bertz CT molecular complexity index is 299. The Kier molecular flexibility index (Phi) is 3.01. The second-order valence-electron chi connectivity index (χ2n) is 4.10. The zero-order valence-corrected chi connectivity index (χ0v) is 10.1. The van der Waals surface area contributed by atoms with E-state index in [1.165, 1.54) is 5.56 Å². The largest absolute Gasteiger partial charge is 0.497 e. The molecule has 0 N–H and O–H groups in total. The molecule has 0 aliphatic carbocycles. The minimum absolute atomic E-state index is 0.172. The van der Waals surface area contributed by atoms with E-state index in [4.69, 9.17) is 4.74 Å². The summed E-state index contributed by atoms with van der Waals surface area (Å²) < 4.78 is 6.24. The summed E-state index contributed by atoms with van der Waals surface area (Å²) in [7, 11) is 1.68. The van der Waals surface area contributed by atoms with E-state index >= 15 is 0 Å². The van der Waals surface area contributed by atoms with Gasteiger partial charge in [-0.05, 0) is 23.1 Å². The van der Waals surface area contributed by atoms with Gasteiger partial charge < -0.3 is 4.74 Å². The van der Waals surface area contributed by atoms with E-state index in [9.17, 15) is 0 Å². The zero-order valence-electron chi connectivity index (χ0n) is 8.52. The van der Waals surface area contributed by atoms with Crippen LogP contribution in [0.5, 0.6) is 5.75 Å². The standard InChI is InChI=1S/C11H15BrO/c1-11(2,3)9-6-5-8(13-4)7-10(9)12/h5-7H,1-4H3. The molecule has 13 heavy (non-hydrogen) atoms. The van der Waals surface area contributed by atoms with Gasteiger partial charge in [0.2, 0.25) is 0 Å². The fourth-order valence-electron chi connectivity index (χ4n) is 1.23. The first kappa shape index (κ1) is 10.6. The van der Waals surface area contributed by atoms with Crippen LogP contribution in [0.1, 0.15) is 26.3 Å². The van der Waals surface area contributed by atoms with Crippen molar-refractivity contribution in [2.45, 2.75) is 26.2 Å². The van der Waals surface area contributed by atoms with Gasteiger partial charge in [-0.25, -0.2) is 0 Å². The minimum Gasteiger partial charge on any atom is -0.497 e. The Morgan fingerprint density at radius 2 is 1.85 bits per heavy atom. The Morgan fingerprint density at radius 3 is 2.23 bits per heavy atom. The lowest BCUT2D eigenvalue weighted by molar-refractivity contribution is 0.414. The highest BCUT2D eigenvalue weighted by Gasteiger charge is 2.16. The number of hydrogen-bond donors (Lipinski definition) is 0. The summed E-state index contributed by atoms with van der Waals surface area (Å²) in [4.78, 5) is 0. The lowest BCUT2D eigenvalue weighted by Crippen LogP contribution is -2.11. The van der Waals surface area contributed by atoms with E-state index in [-0.39, 0.29) is 5.41 Å². The van der Waals surface area contributed by atoms with Crippen molar-refractivity contribution >= 4 is 15.9 Å². The SMILES string of the molecule is COc1ccc(C(C)(C)C)c(Br)c1. The van der Waals surface area contributed by atoms with Crippen LogP contribution in [0.3, 0.4) is 0 Å². The summed E-state index contributed by atoms with van der Waals surface area (Å²) >= 11 is 3.54. The molecule has 0 unspecified atom stereocenters. The predicted molar refractivity (Wildman–Crippen MR) is 59.4 cm³/mol. The van der Waals surface area contributed by atoms with Crippen LogP contribution in [0.15, 0.2) is 22.7 Å². The van der Waals surface area contributed by atoms with E-state index in [0.29, 0.717) is 0 Å². The zero-order chi connectivity index (χ0) is 10.1. The normalized spacial score (nSPS) is 11.5. The molecule has 0 saturated heterocycles. The van der Waals surface area contributed by atoms with Crippen LogP contribution in [0.2, 0.25) is 0 Å². The molecule has 0 bridgehead atoms.